The molecule has 0 N–H and O–H groups in total. The van der Waals surface area contributed by atoms with Crippen LogP contribution in [-0.2, 0) is 4.74 Å². The summed E-state index contributed by atoms with van der Waals surface area (Å²) in [5, 5.41) is 0. The van der Waals surface area contributed by atoms with Crippen molar-refractivity contribution < 1.29 is 23.7 Å². The minimum absolute atomic E-state index is 0.00185. The number of hydrogen-bond acceptors (Lipinski definition) is 5. The van der Waals surface area contributed by atoms with Gasteiger partial charge in [0.1, 0.15) is 13.2 Å². The number of methoxy groups -OCH3 is 2. The highest BCUT2D eigenvalue weighted by Gasteiger charge is 2.41. The highest BCUT2D eigenvalue weighted by molar-refractivity contribution is 5.46. The van der Waals surface area contributed by atoms with E-state index >= 15 is 0 Å². The van der Waals surface area contributed by atoms with Gasteiger partial charge in [-0.3, -0.25) is 0 Å². The number of benzene rings is 2. The molecule has 0 aliphatic carbocycles. The van der Waals surface area contributed by atoms with Gasteiger partial charge in [0.25, 0.3) is 0 Å². The van der Waals surface area contributed by atoms with E-state index in [1.165, 1.54) is 0 Å². The molecular weight excluding hydrogens is 344 g/mol. The molecule has 5 nitrogen and oxygen atoms in total. The van der Waals surface area contributed by atoms with E-state index < -0.39 is 0 Å². The van der Waals surface area contributed by atoms with Gasteiger partial charge in [-0.15, -0.1) is 0 Å². The minimum Gasteiger partial charge on any atom is -0.493 e. The van der Waals surface area contributed by atoms with Crippen molar-refractivity contribution >= 4 is 0 Å². The zero-order chi connectivity index (χ0) is 19.0. The van der Waals surface area contributed by atoms with Crippen molar-refractivity contribution in [3.8, 4) is 23.0 Å². The van der Waals surface area contributed by atoms with E-state index in [0.29, 0.717) is 25.0 Å². The van der Waals surface area contributed by atoms with Crippen molar-refractivity contribution in [2.45, 2.75) is 26.1 Å². The van der Waals surface area contributed by atoms with E-state index in [4.69, 9.17) is 23.7 Å². The maximum absolute atomic E-state index is 6.53. The average molecular weight is 370 g/mol. The summed E-state index contributed by atoms with van der Waals surface area (Å²) in [4.78, 5) is 0. The Kier molecular flexibility index (Phi) is 4.87. The minimum atomic E-state index is -0.00185. The van der Waals surface area contributed by atoms with Crippen LogP contribution >= 0.6 is 0 Å². The van der Waals surface area contributed by atoms with Crippen molar-refractivity contribution in [3.63, 3.8) is 0 Å². The van der Waals surface area contributed by atoms with Crippen LogP contribution in [0.4, 0.5) is 0 Å². The smallest absolute Gasteiger partial charge is 0.161 e. The molecule has 27 heavy (non-hydrogen) atoms. The van der Waals surface area contributed by atoms with Crippen LogP contribution in [0.1, 0.15) is 37.2 Å². The van der Waals surface area contributed by atoms with Gasteiger partial charge in [0, 0.05) is 0 Å². The van der Waals surface area contributed by atoms with Gasteiger partial charge in [-0.25, -0.2) is 0 Å². The van der Waals surface area contributed by atoms with Crippen LogP contribution in [0.3, 0.4) is 0 Å². The Bertz CT molecular complexity index is 769. The summed E-state index contributed by atoms with van der Waals surface area (Å²) in [7, 11) is 3.30. The summed E-state index contributed by atoms with van der Waals surface area (Å²) in [6.07, 6.45) is 0.00642. The van der Waals surface area contributed by atoms with Crippen LogP contribution in [0.5, 0.6) is 23.0 Å². The number of fused-ring (bicyclic) bond motifs is 1. The van der Waals surface area contributed by atoms with Gasteiger partial charge in [0.15, 0.2) is 23.0 Å². The second kappa shape index (κ2) is 7.31. The Morgan fingerprint density at radius 1 is 0.741 bits per heavy atom. The quantitative estimate of drug-likeness (QED) is 0.789. The molecule has 0 bridgehead atoms. The highest BCUT2D eigenvalue weighted by Crippen LogP contribution is 2.50. The van der Waals surface area contributed by atoms with E-state index in [9.17, 15) is 0 Å². The van der Waals surface area contributed by atoms with Gasteiger partial charge in [-0.05, 0) is 47.2 Å². The summed E-state index contributed by atoms with van der Waals surface area (Å²) < 4.78 is 28.7. The van der Waals surface area contributed by atoms with Crippen LogP contribution < -0.4 is 18.9 Å². The summed E-state index contributed by atoms with van der Waals surface area (Å²) >= 11 is 0. The molecule has 2 aromatic rings. The Morgan fingerprint density at radius 2 is 1.33 bits per heavy atom. The van der Waals surface area contributed by atoms with Crippen LogP contribution in [0.15, 0.2) is 36.4 Å². The third-order valence-corrected chi connectivity index (χ3v) is 5.71. The average Bonchev–Trinajstić information content (AvgIpc) is 3.02. The van der Waals surface area contributed by atoms with Crippen molar-refractivity contribution in [1.29, 1.82) is 0 Å². The van der Waals surface area contributed by atoms with Gasteiger partial charge in [-0.2, -0.15) is 0 Å². The maximum atomic E-state index is 6.53. The van der Waals surface area contributed by atoms with Gasteiger partial charge < -0.3 is 23.7 Å². The number of hydrogen-bond donors (Lipinski definition) is 0. The van der Waals surface area contributed by atoms with Crippen LogP contribution in [0.25, 0.3) is 0 Å². The molecule has 0 amide bonds. The first-order chi connectivity index (χ1) is 13.1. The lowest BCUT2D eigenvalue weighted by atomic mass is 9.85. The third-order valence-electron chi connectivity index (χ3n) is 5.71. The Labute approximate surface area is 160 Å². The SMILES string of the molecule is COc1ccc([C@H]2O[C@@H](c3ccc4c(c3)OCCO4)[C@H](C)[C@H]2C)cc1OC. The first-order valence-corrected chi connectivity index (χ1v) is 9.39. The van der Waals surface area contributed by atoms with Crippen molar-refractivity contribution in [3.05, 3.63) is 47.5 Å². The molecule has 2 aromatic carbocycles. The summed E-state index contributed by atoms with van der Waals surface area (Å²) in [6, 6.07) is 12.1. The zero-order valence-electron chi connectivity index (χ0n) is 16.2. The second-order valence-corrected chi connectivity index (χ2v) is 7.21. The van der Waals surface area contributed by atoms with Crippen LogP contribution in [0, 0.1) is 11.8 Å². The number of ether oxygens (including phenoxy) is 5. The fourth-order valence-corrected chi connectivity index (χ4v) is 3.99. The standard InChI is InChI=1S/C22H26O5/c1-13-14(2)22(16-6-8-18-20(12-16)26-10-9-25-18)27-21(13)15-5-7-17(23-3)19(11-15)24-4/h5-8,11-14,21-22H,9-10H2,1-4H3/t13-,14-,21+,22-/m1/s1. The molecule has 5 heteroatoms. The van der Waals surface area contributed by atoms with Crippen molar-refractivity contribution in [2.75, 3.05) is 27.4 Å². The largest absolute Gasteiger partial charge is 0.493 e. The molecule has 2 heterocycles. The van der Waals surface area contributed by atoms with E-state index in [-0.39, 0.29) is 12.2 Å². The van der Waals surface area contributed by atoms with Crippen LogP contribution in [0.2, 0.25) is 0 Å². The predicted molar refractivity (Wildman–Crippen MR) is 102 cm³/mol. The molecule has 1 fully saturated rings. The molecule has 2 aliphatic heterocycles. The molecule has 2 aliphatic rings. The number of rotatable bonds is 4. The Hall–Kier alpha value is -2.40. The summed E-state index contributed by atoms with van der Waals surface area (Å²) in [6.45, 7) is 5.67. The Morgan fingerprint density at radius 3 is 2.00 bits per heavy atom. The summed E-state index contributed by atoms with van der Waals surface area (Å²) in [5.74, 6) is 3.79. The first-order valence-electron chi connectivity index (χ1n) is 9.39. The first kappa shape index (κ1) is 18.0. The van der Waals surface area contributed by atoms with Gasteiger partial charge in [0.05, 0.1) is 26.4 Å². The molecule has 144 valence electrons. The van der Waals surface area contributed by atoms with Crippen LogP contribution in [-0.4, -0.2) is 27.4 Å². The highest BCUT2D eigenvalue weighted by atomic mass is 16.6. The Balaban J connectivity index is 1.61. The topological polar surface area (TPSA) is 46.2 Å². The molecule has 0 saturated carbocycles. The molecule has 0 radical (unpaired) electrons. The molecule has 0 unspecified atom stereocenters. The lowest BCUT2D eigenvalue weighted by Gasteiger charge is -2.22. The summed E-state index contributed by atoms with van der Waals surface area (Å²) in [5.41, 5.74) is 2.23. The zero-order valence-corrected chi connectivity index (χ0v) is 16.2. The molecular formula is C22H26O5. The van der Waals surface area contributed by atoms with Crippen molar-refractivity contribution in [2.24, 2.45) is 11.8 Å². The van der Waals surface area contributed by atoms with E-state index in [1.54, 1.807) is 14.2 Å². The third kappa shape index (κ3) is 3.21. The van der Waals surface area contributed by atoms with E-state index in [1.807, 2.05) is 18.2 Å². The molecule has 0 spiro atoms. The molecule has 4 atom stereocenters. The monoisotopic (exact) mass is 370 g/mol. The maximum Gasteiger partial charge on any atom is 0.161 e. The lowest BCUT2D eigenvalue weighted by molar-refractivity contribution is 0.0286. The predicted octanol–water partition coefficient (Wildman–Crippen LogP) is 4.56. The van der Waals surface area contributed by atoms with Gasteiger partial charge in [-0.1, -0.05) is 26.0 Å². The van der Waals surface area contributed by atoms with E-state index in [2.05, 4.69) is 32.0 Å². The van der Waals surface area contributed by atoms with E-state index in [0.717, 1.165) is 34.1 Å². The van der Waals surface area contributed by atoms with Crippen molar-refractivity contribution in [1.82, 2.24) is 0 Å². The molecule has 4 rings (SSSR count). The normalized spacial score (nSPS) is 26.7. The van der Waals surface area contributed by atoms with Gasteiger partial charge >= 0.3 is 0 Å². The fraction of sp³-hybridized carbons (Fsp3) is 0.455. The second-order valence-electron chi connectivity index (χ2n) is 7.21. The van der Waals surface area contributed by atoms with Gasteiger partial charge in [0.2, 0.25) is 0 Å². The fourth-order valence-electron chi connectivity index (χ4n) is 3.99. The molecule has 1 saturated heterocycles. The lowest BCUT2D eigenvalue weighted by Crippen LogP contribution is -2.16. The molecule has 0 aromatic heterocycles.